The highest BCUT2D eigenvalue weighted by molar-refractivity contribution is 5.91. The number of hydrogen-bond donors (Lipinski definition) is 0. The van der Waals surface area contributed by atoms with Crippen molar-refractivity contribution < 1.29 is 13.2 Å². The van der Waals surface area contributed by atoms with Crippen LogP contribution in [0.4, 0.5) is 13.2 Å². The van der Waals surface area contributed by atoms with Crippen LogP contribution in [0, 0.1) is 0 Å². The second-order valence-electron chi connectivity index (χ2n) is 6.02. The van der Waals surface area contributed by atoms with Gasteiger partial charge in [0.15, 0.2) is 0 Å². The minimum Gasteiger partial charge on any atom is -0.247 e. The SMILES string of the molecule is FC(F)(F)c1ccc(-c2nc3ccccc3cc2-c2ccccc2)cc1. The first-order valence-corrected chi connectivity index (χ1v) is 8.15. The lowest BCUT2D eigenvalue weighted by molar-refractivity contribution is -0.137. The lowest BCUT2D eigenvalue weighted by Gasteiger charge is -2.13. The molecule has 128 valence electrons. The van der Waals surface area contributed by atoms with Crippen LogP contribution in [-0.4, -0.2) is 4.98 Å². The van der Waals surface area contributed by atoms with Crippen molar-refractivity contribution in [1.29, 1.82) is 0 Å². The number of halogens is 3. The van der Waals surface area contributed by atoms with Gasteiger partial charge in [0.25, 0.3) is 0 Å². The summed E-state index contributed by atoms with van der Waals surface area (Å²) in [4.78, 5) is 4.73. The Morgan fingerprint density at radius 3 is 2.00 bits per heavy atom. The molecule has 26 heavy (non-hydrogen) atoms. The summed E-state index contributed by atoms with van der Waals surface area (Å²) >= 11 is 0. The zero-order chi connectivity index (χ0) is 18.1. The number of nitrogens with zero attached hydrogens (tertiary/aromatic N) is 1. The van der Waals surface area contributed by atoms with Gasteiger partial charge in [-0.15, -0.1) is 0 Å². The molecular formula is C22H14F3N. The fraction of sp³-hybridized carbons (Fsp3) is 0.0455. The molecule has 1 heterocycles. The van der Waals surface area contributed by atoms with Crippen molar-refractivity contribution in [2.75, 3.05) is 0 Å². The van der Waals surface area contributed by atoms with Crippen LogP contribution in [0.3, 0.4) is 0 Å². The van der Waals surface area contributed by atoms with E-state index in [0.29, 0.717) is 11.3 Å². The van der Waals surface area contributed by atoms with Gasteiger partial charge in [-0.25, -0.2) is 4.98 Å². The van der Waals surface area contributed by atoms with E-state index in [4.69, 9.17) is 4.98 Å². The molecule has 0 aliphatic rings. The Balaban J connectivity index is 1.93. The molecule has 0 unspecified atom stereocenters. The summed E-state index contributed by atoms with van der Waals surface area (Å²) in [7, 11) is 0. The molecule has 0 N–H and O–H groups in total. The van der Waals surface area contributed by atoms with Crippen LogP contribution in [0.1, 0.15) is 5.56 Å². The van der Waals surface area contributed by atoms with Crippen LogP contribution < -0.4 is 0 Å². The third-order valence-electron chi connectivity index (χ3n) is 4.29. The second kappa shape index (κ2) is 6.30. The quantitative estimate of drug-likeness (QED) is 0.398. The van der Waals surface area contributed by atoms with Gasteiger partial charge in [-0.05, 0) is 29.8 Å². The first kappa shape index (κ1) is 16.3. The molecule has 3 aromatic carbocycles. The van der Waals surface area contributed by atoms with Crippen LogP contribution in [0.25, 0.3) is 33.3 Å². The van der Waals surface area contributed by atoms with Crippen molar-refractivity contribution in [3.8, 4) is 22.4 Å². The summed E-state index contributed by atoms with van der Waals surface area (Å²) in [5.74, 6) is 0. The highest BCUT2D eigenvalue weighted by Gasteiger charge is 2.30. The number of hydrogen-bond acceptors (Lipinski definition) is 1. The topological polar surface area (TPSA) is 12.9 Å². The molecule has 0 atom stereocenters. The van der Waals surface area contributed by atoms with Crippen molar-refractivity contribution in [2.24, 2.45) is 0 Å². The standard InChI is InChI=1S/C22H14F3N/c23-22(24,25)18-12-10-16(11-13-18)21-19(15-6-2-1-3-7-15)14-17-8-4-5-9-20(17)26-21/h1-14H. The van der Waals surface area contributed by atoms with E-state index in [1.54, 1.807) is 0 Å². The summed E-state index contributed by atoms with van der Waals surface area (Å²) in [5.41, 5.74) is 3.33. The Morgan fingerprint density at radius 2 is 1.31 bits per heavy atom. The summed E-state index contributed by atoms with van der Waals surface area (Å²) < 4.78 is 38.6. The number of benzene rings is 3. The zero-order valence-electron chi connectivity index (χ0n) is 13.7. The van der Waals surface area contributed by atoms with E-state index in [1.807, 2.05) is 60.7 Å². The van der Waals surface area contributed by atoms with Gasteiger partial charge in [-0.1, -0.05) is 60.7 Å². The van der Waals surface area contributed by atoms with Gasteiger partial charge in [0.05, 0.1) is 16.8 Å². The van der Waals surface area contributed by atoms with Gasteiger partial charge in [0.2, 0.25) is 0 Å². The lowest BCUT2D eigenvalue weighted by atomic mass is 9.97. The van der Waals surface area contributed by atoms with Crippen molar-refractivity contribution in [2.45, 2.75) is 6.18 Å². The summed E-state index contributed by atoms with van der Waals surface area (Å²) in [5, 5.41) is 0.988. The van der Waals surface area contributed by atoms with E-state index >= 15 is 0 Å². The molecule has 0 bridgehead atoms. The Morgan fingerprint density at radius 1 is 0.654 bits per heavy atom. The molecular weight excluding hydrogens is 335 g/mol. The van der Waals surface area contributed by atoms with Crippen LogP contribution in [0.15, 0.2) is 84.9 Å². The van der Waals surface area contributed by atoms with Gasteiger partial charge in [0, 0.05) is 16.5 Å². The normalized spacial score (nSPS) is 11.7. The van der Waals surface area contributed by atoms with Crippen LogP contribution in [-0.2, 0) is 6.18 Å². The molecule has 0 aliphatic carbocycles. The fourth-order valence-corrected chi connectivity index (χ4v) is 2.99. The molecule has 1 aromatic heterocycles. The first-order chi connectivity index (χ1) is 12.5. The Bertz CT molecular complexity index is 1050. The maximum absolute atomic E-state index is 12.9. The molecule has 0 aliphatic heterocycles. The third-order valence-corrected chi connectivity index (χ3v) is 4.29. The van der Waals surface area contributed by atoms with Crippen LogP contribution in [0.2, 0.25) is 0 Å². The molecule has 0 fully saturated rings. The average molecular weight is 349 g/mol. The number of aromatic nitrogens is 1. The maximum Gasteiger partial charge on any atom is 0.416 e. The van der Waals surface area contributed by atoms with E-state index in [1.165, 1.54) is 12.1 Å². The predicted molar refractivity (Wildman–Crippen MR) is 97.6 cm³/mol. The van der Waals surface area contributed by atoms with E-state index in [0.717, 1.165) is 34.2 Å². The van der Waals surface area contributed by atoms with E-state index in [9.17, 15) is 13.2 Å². The molecule has 0 spiro atoms. The molecule has 4 heteroatoms. The fourth-order valence-electron chi connectivity index (χ4n) is 2.99. The van der Waals surface area contributed by atoms with Crippen LogP contribution in [0.5, 0.6) is 0 Å². The molecule has 0 amide bonds. The van der Waals surface area contributed by atoms with E-state index < -0.39 is 11.7 Å². The number of para-hydroxylation sites is 1. The van der Waals surface area contributed by atoms with Gasteiger partial charge in [-0.3, -0.25) is 0 Å². The molecule has 4 rings (SSSR count). The third kappa shape index (κ3) is 3.06. The molecule has 1 nitrogen and oxygen atoms in total. The minimum atomic E-state index is -4.35. The Kier molecular flexibility index (Phi) is 3.96. The number of alkyl halides is 3. The number of rotatable bonds is 2. The molecule has 4 aromatic rings. The smallest absolute Gasteiger partial charge is 0.247 e. The van der Waals surface area contributed by atoms with E-state index in [-0.39, 0.29) is 0 Å². The van der Waals surface area contributed by atoms with Gasteiger partial charge in [0.1, 0.15) is 0 Å². The van der Waals surface area contributed by atoms with Crippen molar-refractivity contribution in [3.63, 3.8) is 0 Å². The van der Waals surface area contributed by atoms with E-state index in [2.05, 4.69) is 0 Å². The van der Waals surface area contributed by atoms with Crippen molar-refractivity contribution in [3.05, 3.63) is 90.5 Å². The predicted octanol–water partition coefficient (Wildman–Crippen LogP) is 6.59. The zero-order valence-corrected chi connectivity index (χ0v) is 13.7. The Hall–Kier alpha value is -3.14. The highest BCUT2D eigenvalue weighted by Crippen LogP contribution is 2.35. The summed E-state index contributed by atoms with van der Waals surface area (Å²) in [6, 6.07) is 24.6. The van der Waals surface area contributed by atoms with Crippen molar-refractivity contribution in [1.82, 2.24) is 4.98 Å². The number of fused-ring (bicyclic) bond motifs is 1. The van der Waals surface area contributed by atoms with Gasteiger partial charge < -0.3 is 0 Å². The van der Waals surface area contributed by atoms with Gasteiger partial charge >= 0.3 is 6.18 Å². The second-order valence-corrected chi connectivity index (χ2v) is 6.02. The van der Waals surface area contributed by atoms with Crippen molar-refractivity contribution >= 4 is 10.9 Å². The lowest BCUT2D eigenvalue weighted by Crippen LogP contribution is -2.04. The monoisotopic (exact) mass is 349 g/mol. The highest BCUT2D eigenvalue weighted by atomic mass is 19.4. The summed E-state index contributed by atoms with van der Waals surface area (Å²) in [6.45, 7) is 0. The average Bonchev–Trinajstić information content (AvgIpc) is 2.67. The molecule has 0 radical (unpaired) electrons. The molecule has 0 saturated carbocycles. The Labute approximate surface area is 148 Å². The maximum atomic E-state index is 12.9. The minimum absolute atomic E-state index is 0.655. The summed E-state index contributed by atoms with van der Waals surface area (Å²) in [6.07, 6.45) is -4.35. The number of pyridine rings is 1. The van der Waals surface area contributed by atoms with Gasteiger partial charge in [-0.2, -0.15) is 13.2 Å². The first-order valence-electron chi connectivity index (χ1n) is 8.15. The van der Waals surface area contributed by atoms with Crippen LogP contribution >= 0.6 is 0 Å². The largest absolute Gasteiger partial charge is 0.416 e. The molecule has 0 saturated heterocycles.